The van der Waals surface area contributed by atoms with Gasteiger partial charge in [0, 0.05) is 20.0 Å². The molecule has 1 aliphatic heterocycles. The Morgan fingerprint density at radius 2 is 2.37 bits per heavy atom. The van der Waals surface area contributed by atoms with Gasteiger partial charge in [0.15, 0.2) is 5.82 Å². The van der Waals surface area contributed by atoms with Crippen molar-refractivity contribution in [2.24, 2.45) is 5.92 Å². The van der Waals surface area contributed by atoms with Crippen LogP contribution >= 0.6 is 0 Å². The Bertz CT molecular complexity index is 458. The smallest absolute Gasteiger partial charge is 0.342 e. The van der Waals surface area contributed by atoms with Gasteiger partial charge in [-0.3, -0.25) is 4.90 Å². The molecular formula is C12H20N4O3. The second-order valence-corrected chi connectivity index (χ2v) is 5.16. The SMILES string of the molecule is Cc1ncc([N+](=O)[O-])n1CCN1CCC(C(C)O)C1. The number of aryl methyl sites for hydroxylation is 1. The highest BCUT2D eigenvalue weighted by Crippen LogP contribution is 2.20. The predicted molar refractivity (Wildman–Crippen MR) is 69.8 cm³/mol. The van der Waals surface area contributed by atoms with E-state index in [2.05, 4.69) is 9.88 Å². The second kappa shape index (κ2) is 5.66. The molecule has 2 heterocycles. The molecule has 19 heavy (non-hydrogen) atoms. The number of likely N-dealkylation sites (tertiary alicyclic amines) is 1. The summed E-state index contributed by atoms with van der Waals surface area (Å²) in [6.07, 6.45) is 2.01. The van der Waals surface area contributed by atoms with E-state index in [0.29, 0.717) is 18.3 Å². The molecule has 0 bridgehead atoms. The predicted octanol–water partition coefficient (Wildman–Crippen LogP) is 0.802. The maximum Gasteiger partial charge on any atom is 0.342 e. The second-order valence-electron chi connectivity index (χ2n) is 5.16. The summed E-state index contributed by atoms with van der Waals surface area (Å²) in [7, 11) is 0. The van der Waals surface area contributed by atoms with Crippen LogP contribution in [0.4, 0.5) is 5.82 Å². The molecule has 0 aliphatic carbocycles. The van der Waals surface area contributed by atoms with Gasteiger partial charge in [-0.15, -0.1) is 0 Å². The quantitative estimate of drug-likeness (QED) is 0.631. The lowest BCUT2D eigenvalue weighted by atomic mass is 10.0. The van der Waals surface area contributed by atoms with Crippen molar-refractivity contribution < 1.29 is 10.0 Å². The lowest BCUT2D eigenvalue weighted by Gasteiger charge is -2.16. The van der Waals surface area contributed by atoms with Gasteiger partial charge in [-0.25, -0.2) is 9.55 Å². The van der Waals surface area contributed by atoms with Crippen LogP contribution in [-0.4, -0.2) is 50.2 Å². The maximum absolute atomic E-state index is 10.9. The van der Waals surface area contributed by atoms with Gasteiger partial charge >= 0.3 is 5.82 Å². The fourth-order valence-electron chi connectivity index (χ4n) is 2.58. The minimum Gasteiger partial charge on any atom is -0.393 e. The average Bonchev–Trinajstić information content (AvgIpc) is 2.93. The van der Waals surface area contributed by atoms with Gasteiger partial charge in [0.25, 0.3) is 0 Å². The zero-order chi connectivity index (χ0) is 14.0. The Hall–Kier alpha value is -1.47. The van der Waals surface area contributed by atoms with Crippen molar-refractivity contribution in [2.75, 3.05) is 19.6 Å². The Kier molecular flexibility index (Phi) is 4.16. The zero-order valence-electron chi connectivity index (χ0n) is 11.3. The number of aliphatic hydroxyl groups excluding tert-OH is 1. The Morgan fingerprint density at radius 1 is 1.63 bits per heavy atom. The first kappa shape index (κ1) is 14.0. The largest absolute Gasteiger partial charge is 0.393 e. The molecule has 1 N–H and O–H groups in total. The molecule has 2 atom stereocenters. The van der Waals surface area contributed by atoms with Crippen molar-refractivity contribution in [2.45, 2.75) is 32.9 Å². The maximum atomic E-state index is 10.9. The van der Waals surface area contributed by atoms with E-state index in [1.165, 1.54) is 6.20 Å². The summed E-state index contributed by atoms with van der Waals surface area (Å²) in [5.41, 5.74) is 0. The number of hydrogen-bond donors (Lipinski definition) is 1. The third-order valence-corrected chi connectivity index (χ3v) is 3.85. The van der Waals surface area contributed by atoms with Crippen molar-refractivity contribution in [1.82, 2.24) is 14.5 Å². The molecule has 1 aromatic heterocycles. The van der Waals surface area contributed by atoms with E-state index in [4.69, 9.17) is 0 Å². The zero-order valence-corrected chi connectivity index (χ0v) is 11.3. The molecule has 0 amide bonds. The van der Waals surface area contributed by atoms with Crippen LogP contribution in [0.2, 0.25) is 0 Å². The van der Waals surface area contributed by atoms with E-state index in [-0.39, 0.29) is 11.9 Å². The molecule has 1 aromatic rings. The van der Waals surface area contributed by atoms with Crippen molar-refractivity contribution >= 4 is 5.82 Å². The molecule has 2 rings (SSSR count). The number of nitro groups is 1. The first-order chi connectivity index (χ1) is 8.99. The molecule has 0 radical (unpaired) electrons. The van der Waals surface area contributed by atoms with Crippen LogP contribution in [0.1, 0.15) is 19.2 Å². The fraction of sp³-hybridized carbons (Fsp3) is 0.750. The van der Waals surface area contributed by atoms with Crippen molar-refractivity contribution in [3.05, 3.63) is 22.1 Å². The molecule has 2 unspecified atom stereocenters. The highest BCUT2D eigenvalue weighted by Gasteiger charge is 2.26. The van der Waals surface area contributed by atoms with E-state index in [0.717, 1.165) is 26.1 Å². The lowest BCUT2D eigenvalue weighted by Crippen LogP contribution is -2.28. The summed E-state index contributed by atoms with van der Waals surface area (Å²) >= 11 is 0. The van der Waals surface area contributed by atoms with Crippen LogP contribution in [-0.2, 0) is 6.54 Å². The van der Waals surface area contributed by atoms with Gasteiger partial charge in [-0.05, 0) is 30.7 Å². The van der Waals surface area contributed by atoms with Crippen LogP contribution < -0.4 is 0 Å². The molecule has 1 aliphatic rings. The monoisotopic (exact) mass is 268 g/mol. The number of aromatic nitrogens is 2. The molecule has 1 fully saturated rings. The Labute approximate surface area is 112 Å². The number of imidazole rings is 1. The Balaban J connectivity index is 1.93. The van der Waals surface area contributed by atoms with E-state index < -0.39 is 4.92 Å². The van der Waals surface area contributed by atoms with Crippen LogP contribution in [0, 0.1) is 23.0 Å². The summed E-state index contributed by atoms with van der Waals surface area (Å²) in [4.78, 5) is 16.7. The summed E-state index contributed by atoms with van der Waals surface area (Å²) in [5.74, 6) is 1.03. The molecule has 0 saturated carbocycles. The van der Waals surface area contributed by atoms with E-state index in [1.807, 2.05) is 6.92 Å². The van der Waals surface area contributed by atoms with Crippen molar-refractivity contribution in [3.8, 4) is 0 Å². The normalized spacial score (nSPS) is 21.7. The third kappa shape index (κ3) is 3.10. The minimum absolute atomic E-state index is 0.0452. The van der Waals surface area contributed by atoms with E-state index >= 15 is 0 Å². The third-order valence-electron chi connectivity index (χ3n) is 3.85. The van der Waals surface area contributed by atoms with Crippen molar-refractivity contribution in [1.29, 1.82) is 0 Å². The number of rotatable bonds is 5. The molecule has 1 saturated heterocycles. The summed E-state index contributed by atoms with van der Waals surface area (Å²) in [5, 5.41) is 20.4. The van der Waals surface area contributed by atoms with E-state index in [1.54, 1.807) is 11.5 Å². The van der Waals surface area contributed by atoms with Gasteiger partial charge in [0.1, 0.15) is 12.7 Å². The summed E-state index contributed by atoms with van der Waals surface area (Å²) in [6.45, 7) is 6.71. The summed E-state index contributed by atoms with van der Waals surface area (Å²) < 4.78 is 1.63. The first-order valence-electron chi connectivity index (χ1n) is 6.56. The molecule has 0 spiro atoms. The molecule has 7 nitrogen and oxygen atoms in total. The van der Waals surface area contributed by atoms with Gasteiger partial charge in [-0.1, -0.05) is 0 Å². The van der Waals surface area contributed by atoms with Gasteiger partial charge < -0.3 is 15.2 Å². The van der Waals surface area contributed by atoms with Gasteiger partial charge in [0.05, 0.1) is 6.10 Å². The summed E-state index contributed by atoms with van der Waals surface area (Å²) in [6, 6.07) is 0. The highest BCUT2D eigenvalue weighted by atomic mass is 16.6. The Morgan fingerprint density at radius 3 is 2.95 bits per heavy atom. The molecule has 0 aromatic carbocycles. The topological polar surface area (TPSA) is 84.4 Å². The minimum atomic E-state index is -0.400. The highest BCUT2D eigenvalue weighted by molar-refractivity contribution is 5.18. The van der Waals surface area contributed by atoms with Crippen LogP contribution in [0.5, 0.6) is 0 Å². The average molecular weight is 268 g/mol. The number of aliphatic hydroxyl groups is 1. The molecule has 106 valence electrons. The van der Waals surface area contributed by atoms with Crippen LogP contribution in [0.25, 0.3) is 0 Å². The standard InChI is InChI=1S/C12H20N4O3/c1-9(17)11-3-4-14(8-11)5-6-15-10(2)13-7-12(15)16(18)19/h7,9,11,17H,3-6,8H2,1-2H3. The van der Waals surface area contributed by atoms with Crippen LogP contribution in [0.15, 0.2) is 6.20 Å². The van der Waals surface area contributed by atoms with Gasteiger partial charge in [0.2, 0.25) is 0 Å². The first-order valence-corrected chi connectivity index (χ1v) is 6.56. The molecule has 7 heteroatoms. The van der Waals surface area contributed by atoms with Crippen molar-refractivity contribution in [3.63, 3.8) is 0 Å². The van der Waals surface area contributed by atoms with Crippen LogP contribution in [0.3, 0.4) is 0 Å². The molecular weight excluding hydrogens is 248 g/mol. The van der Waals surface area contributed by atoms with Gasteiger partial charge in [-0.2, -0.15) is 0 Å². The lowest BCUT2D eigenvalue weighted by molar-refractivity contribution is -0.392. The van der Waals surface area contributed by atoms with E-state index in [9.17, 15) is 15.2 Å². The fourth-order valence-corrected chi connectivity index (χ4v) is 2.58. The number of hydrogen-bond acceptors (Lipinski definition) is 5. The number of nitrogens with zero attached hydrogens (tertiary/aromatic N) is 4.